The molecular formula is C21H22N2O. The molecule has 1 amide bonds. The minimum Gasteiger partial charge on any atom is -0.332 e. The van der Waals surface area contributed by atoms with Gasteiger partial charge >= 0.3 is 0 Å². The number of likely N-dealkylation sites (tertiary alicyclic amines) is 1. The van der Waals surface area contributed by atoms with Crippen LogP contribution in [0.3, 0.4) is 0 Å². The lowest BCUT2D eigenvalue weighted by Crippen LogP contribution is -2.27. The van der Waals surface area contributed by atoms with Crippen LogP contribution in [0.5, 0.6) is 0 Å². The fraction of sp³-hybridized carbons (Fsp3) is 0.333. The third-order valence-corrected chi connectivity index (χ3v) is 5.19. The van der Waals surface area contributed by atoms with Gasteiger partial charge in [-0.1, -0.05) is 60.7 Å². The number of rotatable bonds is 4. The smallest absolute Gasteiger partial charge is 0.235 e. The number of carbonyl (C=O) groups excluding carboxylic acids is 1. The topological polar surface area (TPSA) is 32.7 Å². The number of amides is 1. The molecular weight excluding hydrogens is 296 g/mol. The van der Waals surface area contributed by atoms with E-state index in [0.717, 1.165) is 18.6 Å². The molecule has 1 heterocycles. The first kappa shape index (κ1) is 15.1. The zero-order valence-electron chi connectivity index (χ0n) is 14.0. The number of aliphatic imine (C=N–C) groups is 1. The van der Waals surface area contributed by atoms with Crippen LogP contribution in [0.25, 0.3) is 0 Å². The molecule has 2 aromatic rings. The molecule has 1 spiro atoms. The summed E-state index contributed by atoms with van der Waals surface area (Å²) in [6.45, 7) is 3.47. The minimum absolute atomic E-state index is 0.100. The van der Waals surface area contributed by atoms with Gasteiger partial charge in [-0.25, -0.2) is 0 Å². The molecule has 0 unspecified atom stereocenters. The van der Waals surface area contributed by atoms with Crippen molar-refractivity contribution < 1.29 is 4.79 Å². The van der Waals surface area contributed by atoms with E-state index in [2.05, 4.69) is 31.2 Å². The lowest BCUT2D eigenvalue weighted by molar-refractivity contribution is -0.132. The van der Waals surface area contributed by atoms with Crippen LogP contribution < -0.4 is 0 Å². The highest BCUT2D eigenvalue weighted by Crippen LogP contribution is 2.52. The van der Waals surface area contributed by atoms with E-state index in [0.29, 0.717) is 13.1 Å². The van der Waals surface area contributed by atoms with Gasteiger partial charge in [0.1, 0.15) is 0 Å². The van der Waals surface area contributed by atoms with Crippen LogP contribution in [0.2, 0.25) is 0 Å². The van der Waals surface area contributed by atoms with Crippen molar-refractivity contribution in [3.63, 3.8) is 0 Å². The number of hydrogen-bond acceptors (Lipinski definition) is 2. The first-order valence-corrected chi connectivity index (χ1v) is 8.64. The van der Waals surface area contributed by atoms with E-state index in [-0.39, 0.29) is 17.4 Å². The summed E-state index contributed by atoms with van der Waals surface area (Å²) < 4.78 is 0. The van der Waals surface area contributed by atoms with Gasteiger partial charge in [-0.3, -0.25) is 9.79 Å². The van der Waals surface area contributed by atoms with Crippen molar-refractivity contribution in [2.24, 2.45) is 10.4 Å². The standard InChI is InChI=1S/C21H22N2O/c1-16(18-10-6-3-7-11-18)22-19-15-23(20(24)21(19)12-13-21)14-17-8-4-2-5-9-17/h2-11,16H,12-15H2,1H3/t16-/m0/s1. The second kappa shape index (κ2) is 5.90. The molecule has 1 saturated heterocycles. The van der Waals surface area contributed by atoms with E-state index >= 15 is 0 Å². The Morgan fingerprint density at radius 1 is 1.04 bits per heavy atom. The molecule has 0 aromatic heterocycles. The molecule has 24 heavy (non-hydrogen) atoms. The molecule has 0 radical (unpaired) electrons. The third kappa shape index (κ3) is 2.64. The zero-order chi connectivity index (χ0) is 16.6. The first-order valence-electron chi connectivity index (χ1n) is 8.64. The third-order valence-electron chi connectivity index (χ3n) is 5.19. The number of carbonyl (C=O) groups is 1. The van der Waals surface area contributed by atoms with Gasteiger partial charge in [0.05, 0.1) is 18.0 Å². The van der Waals surface area contributed by atoms with Gasteiger partial charge in [-0.05, 0) is 30.9 Å². The van der Waals surface area contributed by atoms with Crippen LogP contribution >= 0.6 is 0 Å². The SMILES string of the molecule is C[C@H](N=C1CN(Cc2ccccc2)C(=O)C12CC2)c1ccccc1. The number of benzene rings is 2. The summed E-state index contributed by atoms with van der Waals surface area (Å²) in [5, 5.41) is 0. The van der Waals surface area contributed by atoms with Crippen molar-refractivity contribution >= 4 is 11.6 Å². The highest BCUT2D eigenvalue weighted by atomic mass is 16.2. The molecule has 0 bridgehead atoms. The normalized spacial score (nSPS) is 21.5. The van der Waals surface area contributed by atoms with Crippen LogP contribution in [0.1, 0.15) is 36.9 Å². The van der Waals surface area contributed by atoms with E-state index in [9.17, 15) is 4.79 Å². The molecule has 0 N–H and O–H groups in total. The van der Waals surface area contributed by atoms with Crippen LogP contribution in [-0.4, -0.2) is 23.1 Å². The summed E-state index contributed by atoms with van der Waals surface area (Å²) in [6, 6.07) is 20.6. The minimum atomic E-state index is -0.280. The van der Waals surface area contributed by atoms with Crippen LogP contribution in [0, 0.1) is 5.41 Å². The Hall–Kier alpha value is -2.42. The van der Waals surface area contributed by atoms with Gasteiger partial charge in [0.15, 0.2) is 0 Å². The molecule has 2 aliphatic rings. The molecule has 3 heteroatoms. The second-order valence-electron chi connectivity index (χ2n) is 6.89. The van der Waals surface area contributed by atoms with Gasteiger partial charge < -0.3 is 4.90 Å². The maximum Gasteiger partial charge on any atom is 0.235 e. The fourth-order valence-corrected chi connectivity index (χ4v) is 3.59. The average Bonchev–Trinajstić information content (AvgIpc) is 3.39. The summed E-state index contributed by atoms with van der Waals surface area (Å²) >= 11 is 0. The summed E-state index contributed by atoms with van der Waals surface area (Å²) in [6.07, 6.45) is 1.91. The van der Waals surface area contributed by atoms with Gasteiger partial charge in [-0.15, -0.1) is 0 Å². The Kier molecular flexibility index (Phi) is 3.72. The van der Waals surface area contributed by atoms with Gasteiger partial charge in [0, 0.05) is 12.3 Å². The molecule has 1 aliphatic heterocycles. The Morgan fingerprint density at radius 2 is 1.67 bits per heavy atom. The largest absolute Gasteiger partial charge is 0.332 e. The predicted molar refractivity (Wildman–Crippen MR) is 95.8 cm³/mol. The lowest BCUT2D eigenvalue weighted by Gasteiger charge is -2.15. The first-order chi connectivity index (χ1) is 11.7. The van der Waals surface area contributed by atoms with Crippen molar-refractivity contribution in [1.82, 2.24) is 4.90 Å². The monoisotopic (exact) mass is 318 g/mol. The highest BCUT2D eigenvalue weighted by molar-refractivity contribution is 6.17. The quantitative estimate of drug-likeness (QED) is 0.838. The summed E-state index contributed by atoms with van der Waals surface area (Å²) in [5.41, 5.74) is 3.19. The van der Waals surface area contributed by atoms with Crippen molar-refractivity contribution in [2.45, 2.75) is 32.4 Å². The van der Waals surface area contributed by atoms with Crippen LogP contribution in [0.4, 0.5) is 0 Å². The predicted octanol–water partition coefficient (Wildman–Crippen LogP) is 4.01. The molecule has 3 nitrogen and oxygen atoms in total. The van der Waals surface area contributed by atoms with Gasteiger partial charge in [0.2, 0.25) is 5.91 Å². The molecule has 1 atom stereocenters. The van der Waals surface area contributed by atoms with E-state index in [1.807, 2.05) is 41.3 Å². The Labute approximate surface area is 143 Å². The van der Waals surface area contributed by atoms with Crippen LogP contribution in [-0.2, 0) is 11.3 Å². The number of nitrogens with zero attached hydrogens (tertiary/aromatic N) is 2. The second-order valence-corrected chi connectivity index (χ2v) is 6.89. The summed E-state index contributed by atoms with van der Waals surface area (Å²) in [7, 11) is 0. The zero-order valence-corrected chi connectivity index (χ0v) is 14.0. The maximum atomic E-state index is 12.9. The molecule has 2 fully saturated rings. The maximum absolute atomic E-state index is 12.9. The Balaban J connectivity index is 1.56. The lowest BCUT2D eigenvalue weighted by atomic mass is 10.0. The van der Waals surface area contributed by atoms with E-state index in [1.165, 1.54) is 11.1 Å². The van der Waals surface area contributed by atoms with E-state index in [4.69, 9.17) is 4.99 Å². The molecule has 122 valence electrons. The van der Waals surface area contributed by atoms with E-state index in [1.54, 1.807) is 0 Å². The molecule has 1 aliphatic carbocycles. The summed E-state index contributed by atoms with van der Waals surface area (Å²) in [4.78, 5) is 19.8. The van der Waals surface area contributed by atoms with Crippen molar-refractivity contribution in [3.8, 4) is 0 Å². The van der Waals surface area contributed by atoms with Gasteiger partial charge in [-0.2, -0.15) is 0 Å². The summed E-state index contributed by atoms with van der Waals surface area (Å²) in [5.74, 6) is 0.269. The molecule has 1 saturated carbocycles. The molecule has 2 aromatic carbocycles. The van der Waals surface area contributed by atoms with Crippen molar-refractivity contribution in [1.29, 1.82) is 0 Å². The van der Waals surface area contributed by atoms with E-state index < -0.39 is 0 Å². The average molecular weight is 318 g/mol. The Bertz CT molecular complexity index is 763. The van der Waals surface area contributed by atoms with Crippen molar-refractivity contribution in [2.75, 3.05) is 6.54 Å². The van der Waals surface area contributed by atoms with Crippen molar-refractivity contribution in [3.05, 3.63) is 71.8 Å². The van der Waals surface area contributed by atoms with Crippen LogP contribution in [0.15, 0.2) is 65.7 Å². The fourth-order valence-electron chi connectivity index (χ4n) is 3.59. The van der Waals surface area contributed by atoms with Gasteiger partial charge in [0.25, 0.3) is 0 Å². The highest BCUT2D eigenvalue weighted by Gasteiger charge is 2.60. The Morgan fingerprint density at radius 3 is 2.29 bits per heavy atom. The molecule has 4 rings (SSSR count). The number of hydrogen-bond donors (Lipinski definition) is 0.